The lowest BCUT2D eigenvalue weighted by molar-refractivity contribution is 0.0708. The Morgan fingerprint density at radius 3 is 3.00 bits per heavy atom. The maximum Gasteiger partial charge on any atom is 0.254 e. The number of hydrogen-bond donors (Lipinski definition) is 1. The molecular formula is C13H16N4O2. The smallest absolute Gasteiger partial charge is 0.254 e. The van der Waals surface area contributed by atoms with Crippen molar-refractivity contribution in [3.63, 3.8) is 0 Å². The van der Waals surface area contributed by atoms with Crippen molar-refractivity contribution in [2.45, 2.75) is 18.9 Å². The highest BCUT2D eigenvalue weighted by Gasteiger charge is 2.32. The average molecular weight is 260 g/mol. The molecule has 6 heteroatoms. The molecule has 0 bridgehead atoms. The molecule has 0 spiro atoms. The SMILES string of the molecule is Cn1nnc2cc(C(=O)N(CCO)C3CC3)ccc21. The largest absolute Gasteiger partial charge is 0.395 e. The van der Waals surface area contributed by atoms with Gasteiger partial charge in [-0.05, 0) is 31.0 Å². The molecule has 100 valence electrons. The third-order valence-corrected chi connectivity index (χ3v) is 3.45. The number of benzene rings is 1. The predicted octanol–water partition coefficient (Wildman–Crippen LogP) is 0.565. The van der Waals surface area contributed by atoms with Crippen molar-refractivity contribution in [3.8, 4) is 0 Å². The number of nitrogens with zero attached hydrogens (tertiary/aromatic N) is 4. The van der Waals surface area contributed by atoms with Gasteiger partial charge in [-0.2, -0.15) is 0 Å². The van der Waals surface area contributed by atoms with Gasteiger partial charge in [-0.1, -0.05) is 5.21 Å². The minimum atomic E-state index is -0.0379. The molecule has 0 aliphatic heterocycles. The molecule has 1 amide bonds. The van der Waals surface area contributed by atoms with Gasteiger partial charge in [0.15, 0.2) is 0 Å². The summed E-state index contributed by atoms with van der Waals surface area (Å²) < 4.78 is 1.68. The van der Waals surface area contributed by atoms with Crippen molar-refractivity contribution in [2.24, 2.45) is 7.05 Å². The molecular weight excluding hydrogens is 244 g/mol. The van der Waals surface area contributed by atoms with Gasteiger partial charge >= 0.3 is 0 Å². The second-order valence-electron chi connectivity index (χ2n) is 4.87. The van der Waals surface area contributed by atoms with Gasteiger partial charge in [0.2, 0.25) is 0 Å². The first kappa shape index (κ1) is 12.1. The molecule has 0 unspecified atom stereocenters. The van der Waals surface area contributed by atoms with E-state index >= 15 is 0 Å². The van der Waals surface area contributed by atoms with Crippen molar-refractivity contribution >= 4 is 16.9 Å². The number of aliphatic hydroxyl groups is 1. The zero-order valence-corrected chi connectivity index (χ0v) is 10.8. The predicted molar refractivity (Wildman–Crippen MR) is 69.7 cm³/mol. The van der Waals surface area contributed by atoms with E-state index in [1.807, 2.05) is 13.1 Å². The zero-order chi connectivity index (χ0) is 13.4. The number of rotatable bonds is 4. The van der Waals surface area contributed by atoms with E-state index in [1.165, 1.54) is 0 Å². The third kappa shape index (κ3) is 2.19. The Morgan fingerprint density at radius 2 is 2.32 bits per heavy atom. The van der Waals surface area contributed by atoms with Crippen LogP contribution in [-0.4, -0.2) is 50.1 Å². The Morgan fingerprint density at radius 1 is 1.53 bits per heavy atom. The number of carbonyl (C=O) groups excluding carboxylic acids is 1. The van der Waals surface area contributed by atoms with Gasteiger partial charge < -0.3 is 10.0 Å². The Kier molecular flexibility index (Phi) is 2.94. The van der Waals surface area contributed by atoms with Crippen LogP contribution in [0.4, 0.5) is 0 Å². The van der Waals surface area contributed by atoms with Crippen molar-refractivity contribution in [1.29, 1.82) is 0 Å². The topological polar surface area (TPSA) is 71.2 Å². The average Bonchev–Trinajstić information content (AvgIpc) is 3.20. The van der Waals surface area contributed by atoms with E-state index in [1.54, 1.807) is 21.7 Å². The van der Waals surface area contributed by atoms with Crippen LogP contribution >= 0.6 is 0 Å². The molecule has 2 aromatic rings. The van der Waals surface area contributed by atoms with Crippen LogP contribution < -0.4 is 0 Å². The summed E-state index contributed by atoms with van der Waals surface area (Å²) >= 11 is 0. The van der Waals surface area contributed by atoms with E-state index in [4.69, 9.17) is 5.11 Å². The van der Waals surface area contributed by atoms with Crippen LogP contribution in [0, 0.1) is 0 Å². The molecule has 1 aromatic heterocycles. The van der Waals surface area contributed by atoms with Crippen molar-refractivity contribution in [2.75, 3.05) is 13.2 Å². The highest BCUT2D eigenvalue weighted by Crippen LogP contribution is 2.28. The highest BCUT2D eigenvalue weighted by atomic mass is 16.3. The summed E-state index contributed by atoms with van der Waals surface area (Å²) in [6.07, 6.45) is 2.05. The molecule has 1 aliphatic carbocycles. The first-order valence-corrected chi connectivity index (χ1v) is 6.42. The van der Waals surface area contributed by atoms with Crippen LogP contribution in [0.3, 0.4) is 0 Å². The second kappa shape index (κ2) is 4.62. The number of hydrogen-bond acceptors (Lipinski definition) is 4. The fourth-order valence-corrected chi connectivity index (χ4v) is 2.28. The lowest BCUT2D eigenvalue weighted by atomic mass is 10.1. The van der Waals surface area contributed by atoms with Gasteiger partial charge in [0.1, 0.15) is 5.52 Å². The number of aryl methyl sites for hydroxylation is 1. The Bertz CT molecular complexity index is 618. The molecule has 19 heavy (non-hydrogen) atoms. The van der Waals surface area contributed by atoms with E-state index < -0.39 is 0 Å². The Hall–Kier alpha value is -1.95. The zero-order valence-electron chi connectivity index (χ0n) is 10.8. The molecule has 1 aliphatic rings. The third-order valence-electron chi connectivity index (χ3n) is 3.45. The summed E-state index contributed by atoms with van der Waals surface area (Å²) in [4.78, 5) is 14.2. The number of fused-ring (bicyclic) bond motifs is 1. The maximum absolute atomic E-state index is 12.4. The molecule has 1 saturated carbocycles. The van der Waals surface area contributed by atoms with Gasteiger partial charge in [-0.15, -0.1) is 5.10 Å². The lowest BCUT2D eigenvalue weighted by Crippen LogP contribution is -2.35. The van der Waals surface area contributed by atoms with Gasteiger partial charge in [0.05, 0.1) is 12.1 Å². The van der Waals surface area contributed by atoms with Crippen LogP contribution in [0.15, 0.2) is 18.2 Å². The van der Waals surface area contributed by atoms with E-state index in [0.29, 0.717) is 17.6 Å². The van der Waals surface area contributed by atoms with Gasteiger partial charge in [-0.3, -0.25) is 4.79 Å². The van der Waals surface area contributed by atoms with Crippen LogP contribution in [-0.2, 0) is 7.05 Å². The van der Waals surface area contributed by atoms with Crippen LogP contribution in [0.1, 0.15) is 23.2 Å². The molecule has 1 N–H and O–H groups in total. The quantitative estimate of drug-likeness (QED) is 0.872. The number of aliphatic hydroxyl groups excluding tert-OH is 1. The lowest BCUT2D eigenvalue weighted by Gasteiger charge is -2.21. The first-order chi connectivity index (χ1) is 9.20. The van der Waals surface area contributed by atoms with E-state index in [2.05, 4.69) is 10.3 Å². The molecule has 1 fully saturated rings. The van der Waals surface area contributed by atoms with E-state index in [0.717, 1.165) is 18.4 Å². The number of amides is 1. The minimum absolute atomic E-state index is 0.00434. The molecule has 3 rings (SSSR count). The number of carbonyl (C=O) groups is 1. The second-order valence-corrected chi connectivity index (χ2v) is 4.87. The van der Waals surface area contributed by atoms with Crippen LogP contribution in [0.5, 0.6) is 0 Å². The van der Waals surface area contributed by atoms with Gasteiger partial charge in [0.25, 0.3) is 5.91 Å². The summed E-state index contributed by atoms with van der Waals surface area (Å²) in [5.41, 5.74) is 2.22. The fourth-order valence-electron chi connectivity index (χ4n) is 2.28. The fraction of sp³-hybridized carbons (Fsp3) is 0.462. The molecule has 0 atom stereocenters. The van der Waals surface area contributed by atoms with Crippen molar-refractivity contribution < 1.29 is 9.90 Å². The van der Waals surface area contributed by atoms with E-state index in [9.17, 15) is 4.79 Å². The minimum Gasteiger partial charge on any atom is -0.395 e. The monoisotopic (exact) mass is 260 g/mol. The van der Waals surface area contributed by atoms with Gasteiger partial charge in [0, 0.05) is 25.2 Å². The highest BCUT2D eigenvalue weighted by molar-refractivity contribution is 5.97. The Balaban J connectivity index is 1.91. The summed E-state index contributed by atoms with van der Waals surface area (Å²) in [6, 6.07) is 5.70. The number of aromatic nitrogens is 3. The maximum atomic E-state index is 12.4. The van der Waals surface area contributed by atoms with Crippen molar-refractivity contribution in [3.05, 3.63) is 23.8 Å². The van der Waals surface area contributed by atoms with Crippen molar-refractivity contribution in [1.82, 2.24) is 19.9 Å². The van der Waals surface area contributed by atoms with Gasteiger partial charge in [-0.25, -0.2) is 4.68 Å². The molecule has 0 saturated heterocycles. The summed E-state index contributed by atoms with van der Waals surface area (Å²) in [5, 5.41) is 17.0. The first-order valence-electron chi connectivity index (χ1n) is 6.42. The molecule has 0 radical (unpaired) electrons. The van der Waals surface area contributed by atoms with Crippen LogP contribution in [0.25, 0.3) is 11.0 Å². The normalized spacial score (nSPS) is 14.8. The summed E-state index contributed by atoms with van der Waals surface area (Å²) in [6.45, 7) is 0.387. The van der Waals surface area contributed by atoms with E-state index in [-0.39, 0.29) is 18.6 Å². The Labute approximate surface area is 110 Å². The summed E-state index contributed by atoms with van der Waals surface area (Å²) in [7, 11) is 1.82. The van der Waals surface area contributed by atoms with Crippen LogP contribution in [0.2, 0.25) is 0 Å². The molecule has 1 heterocycles. The molecule has 1 aromatic carbocycles. The molecule has 6 nitrogen and oxygen atoms in total. The standard InChI is InChI=1S/C13H16N4O2/c1-16-12-5-2-9(8-11(12)14-15-16)13(19)17(6-7-18)10-3-4-10/h2,5,8,10,18H,3-4,6-7H2,1H3. The summed E-state index contributed by atoms with van der Waals surface area (Å²) in [5.74, 6) is -0.0379.